The number of aliphatic hydroxyl groups excluding tert-OH is 1. The van der Waals surface area contributed by atoms with Crippen LogP contribution >= 0.6 is 0 Å². The van der Waals surface area contributed by atoms with Gasteiger partial charge in [0.15, 0.2) is 0 Å². The Labute approximate surface area is 100.0 Å². The molecule has 1 aromatic carbocycles. The third kappa shape index (κ3) is 2.50. The molecule has 17 heavy (non-hydrogen) atoms. The second-order valence-electron chi connectivity index (χ2n) is 3.95. The Morgan fingerprint density at radius 1 is 1.59 bits per heavy atom. The summed E-state index contributed by atoms with van der Waals surface area (Å²) in [5.74, 6) is 0.775. The Hall–Kier alpha value is -1.75. The molecule has 1 aliphatic rings. The van der Waals surface area contributed by atoms with Crippen molar-refractivity contribution in [3.8, 4) is 5.75 Å². The monoisotopic (exact) mass is 236 g/mol. The lowest BCUT2D eigenvalue weighted by atomic mass is 10.1. The van der Waals surface area contributed by atoms with Crippen molar-refractivity contribution in [3.63, 3.8) is 0 Å². The van der Waals surface area contributed by atoms with Gasteiger partial charge >= 0.3 is 6.03 Å². The molecule has 2 amide bonds. The van der Waals surface area contributed by atoms with Crippen LogP contribution in [0.25, 0.3) is 0 Å². The zero-order valence-corrected chi connectivity index (χ0v) is 9.72. The van der Waals surface area contributed by atoms with Gasteiger partial charge < -0.3 is 20.1 Å². The first kappa shape index (κ1) is 11.7. The number of aliphatic hydroxyl groups is 1. The number of nitrogens with one attached hydrogen (secondary N) is 1. The van der Waals surface area contributed by atoms with E-state index in [4.69, 9.17) is 9.84 Å². The first-order chi connectivity index (χ1) is 8.24. The smallest absolute Gasteiger partial charge is 0.318 e. The zero-order chi connectivity index (χ0) is 12.3. The molecular formula is C12H16N2O3. The first-order valence-corrected chi connectivity index (χ1v) is 5.55. The fourth-order valence-electron chi connectivity index (χ4n) is 1.95. The van der Waals surface area contributed by atoms with E-state index in [2.05, 4.69) is 5.32 Å². The first-order valence-electron chi connectivity index (χ1n) is 5.55. The van der Waals surface area contributed by atoms with Crippen LogP contribution in [0.4, 0.5) is 4.79 Å². The summed E-state index contributed by atoms with van der Waals surface area (Å²) in [6.07, 6.45) is 0. The molecule has 1 aromatic rings. The van der Waals surface area contributed by atoms with Crippen LogP contribution in [0.2, 0.25) is 0 Å². The number of rotatable bonds is 4. The maximum Gasteiger partial charge on any atom is 0.318 e. The van der Waals surface area contributed by atoms with Gasteiger partial charge in [-0.2, -0.15) is 0 Å². The Kier molecular flexibility index (Phi) is 3.49. The highest BCUT2D eigenvalue weighted by Gasteiger charge is 2.29. The number of hydrogen-bond acceptors (Lipinski definition) is 3. The Balaban J connectivity index is 2.11. The van der Waals surface area contributed by atoms with E-state index < -0.39 is 0 Å². The van der Waals surface area contributed by atoms with Gasteiger partial charge in [0.2, 0.25) is 0 Å². The van der Waals surface area contributed by atoms with Crippen molar-refractivity contribution in [1.29, 1.82) is 0 Å². The Morgan fingerprint density at radius 2 is 2.41 bits per heavy atom. The third-order valence-electron chi connectivity index (χ3n) is 2.85. The molecule has 1 saturated heterocycles. The molecule has 0 aromatic heterocycles. The van der Waals surface area contributed by atoms with Gasteiger partial charge in [0.05, 0.1) is 19.8 Å². The van der Waals surface area contributed by atoms with Crippen LogP contribution in [0.1, 0.15) is 11.6 Å². The number of ether oxygens (including phenoxy) is 1. The van der Waals surface area contributed by atoms with Crippen LogP contribution in [-0.2, 0) is 0 Å². The molecule has 1 aliphatic heterocycles. The summed E-state index contributed by atoms with van der Waals surface area (Å²) in [5.41, 5.74) is 1.01. The number of amides is 2. The van der Waals surface area contributed by atoms with Crippen molar-refractivity contribution in [1.82, 2.24) is 10.2 Å². The molecule has 5 nitrogen and oxygen atoms in total. The van der Waals surface area contributed by atoms with Gasteiger partial charge in [0, 0.05) is 13.1 Å². The Bertz CT molecular complexity index is 408. The molecule has 1 atom stereocenters. The summed E-state index contributed by atoms with van der Waals surface area (Å²) in [6, 6.07) is 7.46. The van der Waals surface area contributed by atoms with Crippen molar-refractivity contribution in [2.45, 2.75) is 6.04 Å². The van der Waals surface area contributed by atoms with Gasteiger partial charge in [-0.3, -0.25) is 0 Å². The molecule has 1 fully saturated rings. The topological polar surface area (TPSA) is 61.8 Å². The van der Waals surface area contributed by atoms with Crippen molar-refractivity contribution in [3.05, 3.63) is 29.8 Å². The van der Waals surface area contributed by atoms with Crippen LogP contribution in [0.15, 0.2) is 24.3 Å². The van der Waals surface area contributed by atoms with Crippen molar-refractivity contribution in [2.24, 2.45) is 0 Å². The van der Waals surface area contributed by atoms with E-state index in [1.807, 2.05) is 24.3 Å². The third-order valence-corrected chi connectivity index (χ3v) is 2.85. The minimum atomic E-state index is -0.133. The number of hydrogen-bond donors (Lipinski definition) is 2. The van der Waals surface area contributed by atoms with Gasteiger partial charge in [0.1, 0.15) is 5.75 Å². The number of methoxy groups -OCH3 is 1. The molecule has 5 heteroatoms. The number of β-amino-alcohol motifs (C(OH)–C–C–N with tert-alkyl or cyclic N) is 1. The summed E-state index contributed by atoms with van der Waals surface area (Å²) < 4.78 is 5.15. The van der Waals surface area contributed by atoms with E-state index in [-0.39, 0.29) is 18.7 Å². The predicted molar refractivity (Wildman–Crippen MR) is 62.9 cm³/mol. The lowest BCUT2D eigenvalue weighted by Crippen LogP contribution is -2.30. The highest BCUT2D eigenvalue weighted by Crippen LogP contribution is 2.23. The molecule has 1 heterocycles. The predicted octanol–water partition coefficient (Wildman–Crippen LogP) is 0.754. The van der Waals surface area contributed by atoms with Gasteiger partial charge in [-0.15, -0.1) is 0 Å². The molecule has 0 aliphatic carbocycles. The molecule has 0 saturated carbocycles. The van der Waals surface area contributed by atoms with E-state index in [0.717, 1.165) is 11.3 Å². The number of carbonyl (C=O) groups excluding carboxylic acids is 1. The average molecular weight is 236 g/mol. The second kappa shape index (κ2) is 5.05. The van der Waals surface area contributed by atoms with Crippen LogP contribution in [0, 0.1) is 0 Å². The molecule has 0 spiro atoms. The molecule has 92 valence electrons. The fourth-order valence-corrected chi connectivity index (χ4v) is 1.95. The van der Waals surface area contributed by atoms with E-state index in [0.29, 0.717) is 13.1 Å². The van der Waals surface area contributed by atoms with Crippen LogP contribution in [-0.4, -0.2) is 42.8 Å². The van der Waals surface area contributed by atoms with Crippen LogP contribution < -0.4 is 10.1 Å². The van der Waals surface area contributed by atoms with Gasteiger partial charge in [0.25, 0.3) is 0 Å². The normalized spacial score (nSPS) is 19.3. The summed E-state index contributed by atoms with van der Waals surface area (Å²) in [7, 11) is 1.62. The van der Waals surface area contributed by atoms with Crippen molar-refractivity contribution < 1.29 is 14.6 Å². The van der Waals surface area contributed by atoms with E-state index in [9.17, 15) is 4.79 Å². The number of benzene rings is 1. The number of nitrogens with zero attached hydrogens (tertiary/aromatic N) is 1. The van der Waals surface area contributed by atoms with Crippen LogP contribution in [0.3, 0.4) is 0 Å². The summed E-state index contributed by atoms with van der Waals surface area (Å²) in [6.45, 7) is 0.928. The maximum absolute atomic E-state index is 11.6. The SMILES string of the molecule is COc1cccc(C2CN(CCO)C(=O)N2)c1. The average Bonchev–Trinajstić information content (AvgIpc) is 2.72. The lowest BCUT2D eigenvalue weighted by Gasteiger charge is -2.13. The molecule has 0 bridgehead atoms. The molecule has 2 N–H and O–H groups in total. The number of carbonyl (C=O) groups is 1. The highest BCUT2D eigenvalue weighted by atomic mass is 16.5. The lowest BCUT2D eigenvalue weighted by molar-refractivity contribution is 0.196. The van der Waals surface area contributed by atoms with E-state index in [1.165, 1.54) is 0 Å². The molecular weight excluding hydrogens is 220 g/mol. The van der Waals surface area contributed by atoms with E-state index >= 15 is 0 Å². The van der Waals surface area contributed by atoms with E-state index in [1.54, 1.807) is 12.0 Å². The molecule has 0 radical (unpaired) electrons. The largest absolute Gasteiger partial charge is 0.497 e. The fraction of sp³-hybridized carbons (Fsp3) is 0.417. The highest BCUT2D eigenvalue weighted by molar-refractivity contribution is 5.77. The van der Waals surface area contributed by atoms with Gasteiger partial charge in [-0.25, -0.2) is 4.79 Å². The van der Waals surface area contributed by atoms with Crippen molar-refractivity contribution >= 4 is 6.03 Å². The standard InChI is InChI=1S/C12H16N2O3/c1-17-10-4-2-3-9(7-10)11-8-14(5-6-15)12(16)13-11/h2-4,7,11,15H,5-6,8H2,1H3,(H,13,16). The Morgan fingerprint density at radius 3 is 3.12 bits per heavy atom. The van der Waals surface area contributed by atoms with Crippen molar-refractivity contribution in [2.75, 3.05) is 26.8 Å². The summed E-state index contributed by atoms with van der Waals surface area (Å²) >= 11 is 0. The summed E-state index contributed by atoms with van der Waals surface area (Å²) in [5, 5.41) is 11.7. The molecule has 2 rings (SSSR count). The van der Waals surface area contributed by atoms with Gasteiger partial charge in [-0.05, 0) is 17.7 Å². The molecule has 1 unspecified atom stereocenters. The minimum Gasteiger partial charge on any atom is -0.497 e. The van der Waals surface area contributed by atoms with Gasteiger partial charge in [-0.1, -0.05) is 12.1 Å². The quantitative estimate of drug-likeness (QED) is 0.811. The second-order valence-corrected chi connectivity index (χ2v) is 3.95. The number of urea groups is 1. The minimum absolute atomic E-state index is 0.0156. The maximum atomic E-state index is 11.6. The summed E-state index contributed by atoms with van der Waals surface area (Å²) in [4.78, 5) is 13.2. The zero-order valence-electron chi connectivity index (χ0n) is 9.72. The van der Waals surface area contributed by atoms with Crippen LogP contribution in [0.5, 0.6) is 5.75 Å².